The van der Waals surface area contributed by atoms with Crippen LogP contribution in [0.5, 0.6) is 0 Å². The van der Waals surface area contributed by atoms with Crippen molar-refractivity contribution in [2.75, 3.05) is 5.33 Å². The van der Waals surface area contributed by atoms with E-state index in [1.807, 2.05) is 0 Å². The van der Waals surface area contributed by atoms with E-state index in [4.69, 9.17) is 0 Å². The zero-order valence-electron chi connectivity index (χ0n) is 6.95. The Bertz CT molecular complexity index is 139. The normalized spacial score (nSPS) is 11.4. The highest BCUT2D eigenvalue weighted by Crippen LogP contribution is 2.04. The maximum absolute atomic E-state index is 3.36. The Morgan fingerprint density at radius 2 is 1.80 bits per heavy atom. The summed E-state index contributed by atoms with van der Waals surface area (Å²) in [7, 11) is 0. The van der Waals surface area contributed by atoms with Crippen molar-refractivity contribution in [3.63, 3.8) is 0 Å². The predicted octanol–water partition coefficient (Wildman–Crippen LogP) is 3.68. The van der Waals surface area contributed by atoms with Crippen LogP contribution in [0.4, 0.5) is 0 Å². The van der Waals surface area contributed by atoms with Crippen LogP contribution in [0.15, 0.2) is 23.3 Å². The Balaban J connectivity index is 3.69. The summed E-state index contributed by atoms with van der Waals surface area (Å²) < 4.78 is 0. The van der Waals surface area contributed by atoms with Crippen LogP contribution in [0.25, 0.3) is 0 Å². The fraction of sp³-hybridized carbons (Fsp3) is 0.556. The summed E-state index contributed by atoms with van der Waals surface area (Å²) in [4.78, 5) is 0. The second kappa shape index (κ2) is 5.72. The smallest absolute Gasteiger partial charge is 0.0214 e. The number of hydrogen-bond acceptors (Lipinski definition) is 0. The van der Waals surface area contributed by atoms with E-state index < -0.39 is 0 Å². The summed E-state index contributed by atoms with van der Waals surface area (Å²) in [6, 6.07) is 0. The molecule has 0 heterocycles. The lowest BCUT2D eigenvalue weighted by atomic mass is 10.1. The van der Waals surface area contributed by atoms with Crippen LogP contribution >= 0.6 is 15.9 Å². The standard InChI is InChI=1S/C9H15Br/c1-8(2)4-5-9(3)6-7-10/h4,6H,5,7H2,1-3H3/b9-6+. The molecule has 0 aliphatic carbocycles. The van der Waals surface area contributed by atoms with Crippen molar-refractivity contribution in [1.82, 2.24) is 0 Å². The van der Waals surface area contributed by atoms with Gasteiger partial charge in [-0.25, -0.2) is 0 Å². The molecule has 0 aromatic rings. The van der Waals surface area contributed by atoms with Gasteiger partial charge in [0.25, 0.3) is 0 Å². The lowest BCUT2D eigenvalue weighted by Crippen LogP contribution is -1.74. The maximum atomic E-state index is 3.36. The molecule has 0 fully saturated rings. The monoisotopic (exact) mass is 202 g/mol. The van der Waals surface area contributed by atoms with Gasteiger partial charge in [0, 0.05) is 5.33 Å². The molecule has 10 heavy (non-hydrogen) atoms. The number of rotatable bonds is 3. The van der Waals surface area contributed by atoms with E-state index in [1.165, 1.54) is 11.1 Å². The van der Waals surface area contributed by atoms with Crippen molar-refractivity contribution < 1.29 is 0 Å². The summed E-state index contributed by atoms with van der Waals surface area (Å²) in [6.45, 7) is 6.41. The van der Waals surface area contributed by atoms with E-state index in [0.29, 0.717) is 0 Å². The van der Waals surface area contributed by atoms with Gasteiger partial charge in [-0.1, -0.05) is 39.2 Å². The van der Waals surface area contributed by atoms with E-state index in [2.05, 4.69) is 48.9 Å². The van der Waals surface area contributed by atoms with Crippen LogP contribution in [0.2, 0.25) is 0 Å². The fourth-order valence-electron chi connectivity index (χ4n) is 0.580. The summed E-state index contributed by atoms with van der Waals surface area (Å²) in [5, 5.41) is 0.968. The van der Waals surface area contributed by atoms with Gasteiger partial charge in [0.2, 0.25) is 0 Å². The summed E-state index contributed by atoms with van der Waals surface area (Å²) in [5.41, 5.74) is 2.82. The quantitative estimate of drug-likeness (QED) is 0.484. The molecule has 0 aromatic carbocycles. The highest BCUT2D eigenvalue weighted by Gasteiger charge is 1.83. The Morgan fingerprint density at radius 1 is 1.20 bits per heavy atom. The molecule has 58 valence electrons. The minimum absolute atomic E-state index is 0.968. The zero-order chi connectivity index (χ0) is 7.98. The predicted molar refractivity (Wildman–Crippen MR) is 51.6 cm³/mol. The molecule has 0 saturated carbocycles. The lowest BCUT2D eigenvalue weighted by Gasteiger charge is -1.94. The van der Waals surface area contributed by atoms with E-state index in [0.717, 1.165) is 11.8 Å². The van der Waals surface area contributed by atoms with Crippen molar-refractivity contribution in [3.05, 3.63) is 23.3 Å². The second-order valence-electron chi connectivity index (χ2n) is 2.69. The third-order valence-electron chi connectivity index (χ3n) is 1.26. The molecule has 0 saturated heterocycles. The minimum Gasteiger partial charge on any atom is -0.0883 e. The van der Waals surface area contributed by atoms with Gasteiger partial charge < -0.3 is 0 Å². The van der Waals surface area contributed by atoms with E-state index in [-0.39, 0.29) is 0 Å². The first-order chi connectivity index (χ1) is 4.66. The van der Waals surface area contributed by atoms with E-state index in [9.17, 15) is 0 Å². The average Bonchev–Trinajstić information content (AvgIpc) is 1.85. The molecule has 0 atom stereocenters. The van der Waals surface area contributed by atoms with Crippen LogP contribution < -0.4 is 0 Å². The van der Waals surface area contributed by atoms with Crippen LogP contribution in [0.3, 0.4) is 0 Å². The molecule has 0 bridgehead atoms. The Kier molecular flexibility index (Phi) is 5.70. The first-order valence-corrected chi connectivity index (χ1v) is 4.64. The Morgan fingerprint density at radius 3 is 2.20 bits per heavy atom. The van der Waals surface area contributed by atoms with Gasteiger partial charge in [-0.15, -0.1) is 0 Å². The molecular formula is C9H15Br. The van der Waals surface area contributed by atoms with Crippen molar-refractivity contribution in [2.45, 2.75) is 27.2 Å². The summed E-state index contributed by atoms with van der Waals surface area (Å²) >= 11 is 3.36. The van der Waals surface area contributed by atoms with Gasteiger partial charge in [0.15, 0.2) is 0 Å². The topological polar surface area (TPSA) is 0 Å². The number of hydrogen-bond donors (Lipinski definition) is 0. The van der Waals surface area contributed by atoms with Gasteiger partial charge in [0.05, 0.1) is 0 Å². The fourth-order valence-corrected chi connectivity index (χ4v) is 1.13. The Labute approximate surface area is 72.1 Å². The highest BCUT2D eigenvalue weighted by atomic mass is 79.9. The first kappa shape index (κ1) is 9.96. The van der Waals surface area contributed by atoms with E-state index in [1.54, 1.807) is 0 Å². The average molecular weight is 203 g/mol. The zero-order valence-corrected chi connectivity index (χ0v) is 8.53. The third-order valence-corrected chi connectivity index (χ3v) is 1.58. The largest absolute Gasteiger partial charge is 0.0883 e. The van der Waals surface area contributed by atoms with Crippen LogP contribution in [-0.2, 0) is 0 Å². The number of allylic oxidation sites excluding steroid dienone is 4. The second-order valence-corrected chi connectivity index (χ2v) is 3.34. The summed E-state index contributed by atoms with van der Waals surface area (Å²) in [5.74, 6) is 0. The highest BCUT2D eigenvalue weighted by molar-refractivity contribution is 9.09. The molecule has 0 nitrogen and oxygen atoms in total. The van der Waals surface area contributed by atoms with Crippen molar-refractivity contribution in [1.29, 1.82) is 0 Å². The first-order valence-electron chi connectivity index (χ1n) is 3.51. The van der Waals surface area contributed by atoms with Gasteiger partial charge in [-0.05, 0) is 27.2 Å². The molecule has 0 rings (SSSR count). The van der Waals surface area contributed by atoms with Crippen LogP contribution in [0.1, 0.15) is 27.2 Å². The van der Waals surface area contributed by atoms with Crippen molar-refractivity contribution in [2.24, 2.45) is 0 Å². The SMILES string of the molecule is CC(C)=CC/C(C)=C/CBr. The van der Waals surface area contributed by atoms with Gasteiger partial charge in [-0.2, -0.15) is 0 Å². The van der Waals surface area contributed by atoms with Crippen molar-refractivity contribution >= 4 is 15.9 Å². The molecule has 0 spiro atoms. The van der Waals surface area contributed by atoms with E-state index >= 15 is 0 Å². The molecule has 0 aromatic heterocycles. The number of alkyl halides is 1. The number of halogens is 1. The van der Waals surface area contributed by atoms with Gasteiger partial charge in [-0.3, -0.25) is 0 Å². The maximum Gasteiger partial charge on any atom is 0.0214 e. The molecule has 0 radical (unpaired) electrons. The van der Waals surface area contributed by atoms with Crippen LogP contribution in [0, 0.1) is 0 Å². The summed E-state index contributed by atoms with van der Waals surface area (Å²) in [6.07, 6.45) is 5.53. The molecule has 1 heteroatoms. The molecule has 0 N–H and O–H groups in total. The third kappa shape index (κ3) is 6.09. The van der Waals surface area contributed by atoms with Gasteiger partial charge >= 0.3 is 0 Å². The molecule has 0 unspecified atom stereocenters. The molecule has 0 aliphatic heterocycles. The lowest BCUT2D eigenvalue weighted by molar-refractivity contribution is 1.17. The van der Waals surface area contributed by atoms with Crippen molar-refractivity contribution in [3.8, 4) is 0 Å². The van der Waals surface area contributed by atoms with Gasteiger partial charge in [0.1, 0.15) is 0 Å². The molecular weight excluding hydrogens is 188 g/mol. The van der Waals surface area contributed by atoms with Crippen LogP contribution in [-0.4, -0.2) is 5.33 Å². The molecule has 0 amide bonds. The molecule has 0 aliphatic rings. The Hall–Kier alpha value is -0.0400. The minimum atomic E-state index is 0.968.